The number of alkyl halides is 2. The molecular weight excluding hydrogens is 265 g/mol. The highest BCUT2D eigenvalue weighted by atomic mass is 79.9. The molecule has 0 aromatic heterocycles. The SMILES string of the molecule is C[C@H](F)[C@@H](CNS(C)(=O)=O)C(O)Br. The molecule has 80 valence electrons. The van der Waals surface area contributed by atoms with Gasteiger partial charge in [0.05, 0.1) is 6.26 Å². The Hall–Kier alpha value is 0.280. The van der Waals surface area contributed by atoms with Crippen molar-refractivity contribution in [2.75, 3.05) is 12.8 Å². The van der Waals surface area contributed by atoms with E-state index < -0.39 is 27.1 Å². The van der Waals surface area contributed by atoms with Crippen LogP contribution in [0.1, 0.15) is 6.92 Å². The van der Waals surface area contributed by atoms with Crippen LogP contribution in [0.15, 0.2) is 0 Å². The summed E-state index contributed by atoms with van der Waals surface area (Å²) in [5.74, 6) is -0.783. The molecule has 1 unspecified atom stereocenters. The molecule has 0 fully saturated rings. The molecule has 0 radical (unpaired) electrons. The second-order valence-electron chi connectivity index (χ2n) is 2.83. The Morgan fingerprint density at radius 3 is 2.31 bits per heavy atom. The van der Waals surface area contributed by atoms with Crippen LogP contribution in [-0.2, 0) is 10.0 Å². The maximum absolute atomic E-state index is 12.8. The van der Waals surface area contributed by atoms with E-state index in [-0.39, 0.29) is 6.54 Å². The second kappa shape index (κ2) is 5.23. The lowest BCUT2D eigenvalue weighted by Crippen LogP contribution is -2.36. The number of aliphatic hydroxyl groups is 1. The molecule has 3 atom stereocenters. The lowest BCUT2D eigenvalue weighted by molar-refractivity contribution is 0.132. The van der Waals surface area contributed by atoms with Crippen molar-refractivity contribution >= 4 is 26.0 Å². The van der Waals surface area contributed by atoms with Gasteiger partial charge in [-0.3, -0.25) is 0 Å². The zero-order chi connectivity index (χ0) is 10.6. The summed E-state index contributed by atoms with van der Waals surface area (Å²) in [5, 5.41) is 7.97. The quantitative estimate of drug-likeness (QED) is 0.707. The van der Waals surface area contributed by atoms with Crippen LogP contribution in [0.4, 0.5) is 4.39 Å². The first-order valence-corrected chi connectivity index (χ1v) is 6.45. The standard InChI is InChI=1S/C6H13BrFNO3S/c1-4(8)5(6(7)10)3-9-13(2,11)12/h4-6,9-10H,3H2,1-2H3/t4-,5+,6?/m0/s1. The fourth-order valence-corrected chi connectivity index (χ4v) is 1.83. The Kier molecular flexibility index (Phi) is 5.35. The van der Waals surface area contributed by atoms with E-state index in [1.54, 1.807) is 0 Å². The third-order valence-electron chi connectivity index (χ3n) is 1.52. The Bertz CT molecular complexity index is 234. The summed E-state index contributed by atoms with van der Waals surface area (Å²) in [6, 6.07) is 0. The van der Waals surface area contributed by atoms with Crippen molar-refractivity contribution in [2.24, 2.45) is 5.92 Å². The Labute approximate surface area is 85.7 Å². The molecule has 0 rings (SSSR count). The third-order valence-corrected chi connectivity index (χ3v) is 2.89. The maximum Gasteiger partial charge on any atom is 0.208 e. The summed E-state index contributed by atoms with van der Waals surface area (Å²) in [4.78, 5) is 0. The van der Waals surface area contributed by atoms with Crippen molar-refractivity contribution in [2.45, 2.75) is 18.1 Å². The van der Waals surface area contributed by atoms with Crippen LogP contribution < -0.4 is 4.72 Å². The van der Waals surface area contributed by atoms with Crippen molar-refractivity contribution in [1.29, 1.82) is 0 Å². The summed E-state index contributed by atoms with van der Waals surface area (Å²) in [6.07, 6.45) is -0.309. The molecule has 0 aliphatic heterocycles. The highest BCUT2D eigenvalue weighted by Gasteiger charge is 2.24. The zero-order valence-electron chi connectivity index (χ0n) is 7.37. The van der Waals surface area contributed by atoms with E-state index in [1.807, 2.05) is 0 Å². The first-order valence-electron chi connectivity index (χ1n) is 3.65. The molecule has 0 saturated heterocycles. The largest absolute Gasteiger partial charge is 0.381 e. The molecule has 7 heteroatoms. The summed E-state index contributed by atoms with van der Waals surface area (Å²) in [7, 11) is -3.33. The number of halogens is 2. The van der Waals surface area contributed by atoms with Gasteiger partial charge in [0.1, 0.15) is 11.2 Å². The Morgan fingerprint density at radius 1 is 1.62 bits per heavy atom. The van der Waals surface area contributed by atoms with E-state index >= 15 is 0 Å². The smallest absolute Gasteiger partial charge is 0.208 e. The van der Waals surface area contributed by atoms with Gasteiger partial charge in [-0.1, -0.05) is 15.9 Å². The fraction of sp³-hybridized carbons (Fsp3) is 1.00. The van der Waals surface area contributed by atoms with Crippen LogP contribution in [0, 0.1) is 5.92 Å². The van der Waals surface area contributed by atoms with Gasteiger partial charge in [-0.25, -0.2) is 17.5 Å². The molecule has 0 aliphatic carbocycles. The van der Waals surface area contributed by atoms with E-state index in [0.717, 1.165) is 6.26 Å². The number of aliphatic hydroxyl groups excluding tert-OH is 1. The minimum atomic E-state index is -3.33. The Balaban J connectivity index is 4.13. The number of hydrogen-bond acceptors (Lipinski definition) is 3. The van der Waals surface area contributed by atoms with Crippen LogP contribution in [0.25, 0.3) is 0 Å². The molecule has 4 nitrogen and oxygen atoms in total. The average molecular weight is 278 g/mol. The van der Waals surface area contributed by atoms with Crippen molar-refractivity contribution in [1.82, 2.24) is 4.72 Å². The molecule has 0 spiro atoms. The molecule has 13 heavy (non-hydrogen) atoms. The van der Waals surface area contributed by atoms with Crippen molar-refractivity contribution in [3.8, 4) is 0 Å². The number of hydrogen-bond donors (Lipinski definition) is 2. The molecule has 0 aromatic carbocycles. The van der Waals surface area contributed by atoms with E-state index in [4.69, 9.17) is 5.11 Å². The minimum absolute atomic E-state index is 0.122. The fourth-order valence-electron chi connectivity index (χ4n) is 0.726. The van der Waals surface area contributed by atoms with Crippen molar-refractivity contribution in [3.63, 3.8) is 0 Å². The minimum Gasteiger partial charge on any atom is -0.381 e. The Morgan fingerprint density at radius 2 is 2.08 bits per heavy atom. The monoisotopic (exact) mass is 277 g/mol. The molecule has 0 saturated carbocycles. The van der Waals surface area contributed by atoms with Crippen LogP contribution in [0.5, 0.6) is 0 Å². The zero-order valence-corrected chi connectivity index (χ0v) is 9.77. The highest BCUT2D eigenvalue weighted by Crippen LogP contribution is 2.16. The lowest BCUT2D eigenvalue weighted by Gasteiger charge is -2.19. The van der Waals surface area contributed by atoms with Crippen LogP contribution in [-0.4, -0.2) is 37.5 Å². The van der Waals surface area contributed by atoms with Gasteiger partial charge < -0.3 is 5.11 Å². The number of sulfonamides is 1. The summed E-state index contributed by atoms with van der Waals surface area (Å²) >= 11 is 2.79. The van der Waals surface area contributed by atoms with Gasteiger partial charge in [0.15, 0.2) is 0 Å². The second-order valence-corrected chi connectivity index (χ2v) is 5.61. The van der Waals surface area contributed by atoms with Gasteiger partial charge in [-0.2, -0.15) is 0 Å². The van der Waals surface area contributed by atoms with Gasteiger partial charge in [-0.15, -0.1) is 0 Å². The summed E-state index contributed by atoms with van der Waals surface area (Å²) < 4.78 is 36.2. The third kappa shape index (κ3) is 6.36. The highest BCUT2D eigenvalue weighted by molar-refractivity contribution is 9.09. The molecule has 2 N–H and O–H groups in total. The number of nitrogens with one attached hydrogen (secondary N) is 1. The van der Waals surface area contributed by atoms with Crippen LogP contribution in [0.2, 0.25) is 0 Å². The van der Waals surface area contributed by atoms with Gasteiger partial charge in [0.2, 0.25) is 10.0 Å². The average Bonchev–Trinajstić information content (AvgIpc) is 1.82. The van der Waals surface area contributed by atoms with Gasteiger partial charge in [-0.05, 0) is 6.92 Å². The molecular formula is C6H13BrFNO3S. The van der Waals surface area contributed by atoms with Gasteiger partial charge in [0, 0.05) is 12.5 Å². The van der Waals surface area contributed by atoms with Gasteiger partial charge in [0.25, 0.3) is 0 Å². The molecule has 0 aromatic rings. The van der Waals surface area contributed by atoms with Gasteiger partial charge >= 0.3 is 0 Å². The van der Waals surface area contributed by atoms with Crippen LogP contribution in [0.3, 0.4) is 0 Å². The van der Waals surface area contributed by atoms with E-state index in [1.165, 1.54) is 6.92 Å². The molecule has 0 bridgehead atoms. The first kappa shape index (κ1) is 13.3. The predicted octanol–water partition coefficient (Wildman–Crippen LogP) is 0.223. The number of rotatable bonds is 5. The molecule has 0 aliphatic rings. The van der Waals surface area contributed by atoms with E-state index in [0.29, 0.717) is 0 Å². The van der Waals surface area contributed by atoms with Crippen LogP contribution >= 0.6 is 15.9 Å². The first-order chi connectivity index (χ1) is 5.74. The normalized spacial score (nSPS) is 19.5. The predicted molar refractivity (Wildman–Crippen MR) is 51.8 cm³/mol. The van der Waals surface area contributed by atoms with Crippen molar-refractivity contribution in [3.05, 3.63) is 0 Å². The topological polar surface area (TPSA) is 66.4 Å². The summed E-state index contributed by atoms with van der Waals surface area (Å²) in [6.45, 7) is 1.14. The van der Waals surface area contributed by atoms with E-state index in [2.05, 4.69) is 20.7 Å². The summed E-state index contributed by atoms with van der Waals surface area (Å²) in [5.41, 5.74) is 0. The van der Waals surface area contributed by atoms with E-state index in [9.17, 15) is 12.8 Å². The van der Waals surface area contributed by atoms with Crippen molar-refractivity contribution < 1.29 is 17.9 Å². The maximum atomic E-state index is 12.8. The molecule has 0 heterocycles. The lowest BCUT2D eigenvalue weighted by atomic mass is 10.1. The molecule has 0 amide bonds.